The second-order valence-corrected chi connectivity index (χ2v) is 8.75. The molecule has 1 aliphatic rings. The number of aromatic nitrogens is 2. The van der Waals surface area contributed by atoms with Gasteiger partial charge in [0.25, 0.3) is 0 Å². The van der Waals surface area contributed by atoms with Crippen molar-refractivity contribution in [2.45, 2.75) is 50.7 Å². The fourth-order valence-electron chi connectivity index (χ4n) is 4.08. The average Bonchev–Trinajstić information content (AvgIpc) is 3.53. The van der Waals surface area contributed by atoms with Gasteiger partial charge in [0.05, 0.1) is 5.41 Å². The van der Waals surface area contributed by atoms with Crippen LogP contribution in [0.5, 0.6) is 5.75 Å². The SMILES string of the molecule is Cc1cc(O)ccc1C[C@@H](CNC(=O)CC(c1ncccn1)C1(C(F)(F)F)CC1)N(C)C. The number of nitrogens with zero attached hydrogens (tertiary/aromatic N) is 3. The molecule has 0 radical (unpaired) electrons. The van der Waals surface area contributed by atoms with Gasteiger partial charge >= 0.3 is 6.18 Å². The van der Waals surface area contributed by atoms with Crippen molar-refractivity contribution in [1.29, 1.82) is 0 Å². The van der Waals surface area contributed by atoms with Gasteiger partial charge < -0.3 is 15.3 Å². The van der Waals surface area contributed by atoms with E-state index in [1.54, 1.807) is 18.2 Å². The maximum absolute atomic E-state index is 13.8. The van der Waals surface area contributed by atoms with E-state index >= 15 is 0 Å². The minimum atomic E-state index is -4.42. The van der Waals surface area contributed by atoms with Crippen LogP contribution >= 0.6 is 0 Å². The van der Waals surface area contributed by atoms with Gasteiger partial charge in [-0.1, -0.05) is 6.07 Å². The van der Waals surface area contributed by atoms with Crippen LogP contribution in [-0.2, 0) is 11.2 Å². The fourth-order valence-corrected chi connectivity index (χ4v) is 4.08. The summed E-state index contributed by atoms with van der Waals surface area (Å²) in [4.78, 5) is 22.8. The quantitative estimate of drug-likeness (QED) is 0.611. The lowest BCUT2D eigenvalue weighted by molar-refractivity contribution is -0.195. The van der Waals surface area contributed by atoms with Crippen molar-refractivity contribution >= 4 is 5.91 Å². The Bertz CT molecular complexity index is 931. The number of amides is 1. The number of nitrogens with one attached hydrogen (secondary N) is 1. The van der Waals surface area contributed by atoms with Crippen molar-refractivity contribution in [3.8, 4) is 5.75 Å². The van der Waals surface area contributed by atoms with Crippen LogP contribution in [0.2, 0.25) is 0 Å². The third-order valence-corrected chi connectivity index (χ3v) is 6.35. The van der Waals surface area contributed by atoms with Gasteiger partial charge in [0.15, 0.2) is 0 Å². The molecule has 2 atom stereocenters. The first-order chi connectivity index (χ1) is 15.0. The molecule has 0 bridgehead atoms. The molecule has 3 rings (SSSR count). The summed E-state index contributed by atoms with van der Waals surface area (Å²) in [6.45, 7) is 2.19. The fraction of sp³-hybridized carbons (Fsp3) is 0.522. The summed E-state index contributed by atoms with van der Waals surface area (Å²) < 4.78 is 41.4. The number of hydrogen-bond acceptors (Lipinski definition) is 5. The topological polar surface area (TPSA) is 78.3 Å². The Labute approximate surface area is 185 Å². The summed E-state index contributed by atoms with van der Waals surface area (Å²) in [7, 11) is 3.77. The maximum Gasteiger partial charge on any atom is 0.395 e. The summed E-state index contributed by atoms with van der Waals surface area (Å²) in [5, 5.41) is 12.4. The summed E-state index contributed by atoms with van der Waals surface area (Å²) in [6.07, 6.45) is -1.34. The van der Waals surface area contributed by atoms with Crippen molar-refractivity contribution < 1.29 is 23.1 Å². The van der Waals surface area contributed by atoms with E-state index in [9.17, 15) is 23.1 Å². The van der Waals surface area contributed by atoms with Gasteiger partial charge in [0.1, 0.15) is 11.6 Å². The first kappa shape index (κ1) is 24.0. The van der Waals surface area contributed by atoms with Crippen LogP contribution in [0.3, 0.4) is 0 Å². The van der Waals surface area contributed by atoms with E-state index in [4.69, 9.17) is 0 Å². The number of aromatic hydroxyl groups is 1. The largest absolute Gasteiger partial charge is 0.508 e. The monoisotopic (exact) mass is 450 g/mol. The molecule has 1 aliphatic carbocycles. The number of phenolic OH excluding ortho intramolecular Hbond substituents is 1. The van der Waals surface area contributed by atoms with Crippen LogP contribution in [-0.4, -0.2) is 58.7 Å². The Balaban J connectivity index is 1.69. The lowest BCUT2D eigenvalue weighted by Crippen LogP contribution is -2.43. The number of rotatable bonds is 9. The van der Waals surface area contributed by atoms with Gasteiger partial charge in [-0.15, -0.1) is 0 Å². The average molecular weight is 451 g/mol. The van der Waals surface area contributed by atoms with Crippen molar-refractivity contribution in [2.75, 3.05) is 20.6 Å². The minimum absolute atomic E-state index is 0.0207. The molecular weight excluding hydrogens is 421 g/mol. The zero-order valence-electron chi connectivity index (χ0n) is 18.5. The Morgan fingerprint density at radius 2 is 1.91 bits per heavy atom. The highest BCUT2D eigenvalue weighted by atomic mass is 19.4. The number of benzene rings is 1. The molecular formula is C23H29F3N4O2. The van der Waals surface area contributed by atoms with Gasteiger partial charge in [-0.25, -0.2) is 9.97 Å². The Hall–Kier alpha value is -2.68. The van der Waals surface area contributed by atoms with Crippen LogP contribution in [0.15, 0.2) is 36.7 Å². The van der Waals surface area contributed by atoms with Gasteiger partial charge in [-0.2, -0.15) is 13.2 Å². The molecule has 1 amide bonds. The molecule has 0 spiro atoms. The van der Waals surface area contributed by atoms with Crippen LogP contribution in [0.4, 0.5) is 13.2 Å². The molecule has 1 fully saturated rings. The molecule has 6 nitrogen and oxygen atoms in total. The standard InChI is InChI=1S/C23H29F3N4O2/c1-15-11-18(31)6-5-16(15)12-17(30(2)3)14-29-20(32)13-19(21-27-9-4-10-28-21)22(7-8-22)23(24,25)26/h4-6,9-11,17,19,31H,7-8,12-14H2,1-3H3,(H,29,32)/t17-,19?/m0/s1. The number of carbonyl (C=O) groups excluding carboxylic acids is 1. The molecule has 174 valence electrons. The molecule has 0 saturated heterocycles. The van der Waals surface area contributed by atoms with Crippen molar-refractivity contribution in [3.63, 3.8) is 0 Å². The number of halogens is 3. The molecule has 9 heteroatoms. The predicted molar refractivity (Wildman–Crippen MR) is 114 cm³/mol. The highest BCUT2D eigenvalue weighted by Gasteiger charge is 2.68. The molecule has 2 aromatic rings. The van der Waals surface area contributed by atoms with Gasteiger partial charge in [0, 0.05) is 37.3 Å². The van der Waals surface area contributed by atoms with E-state index in [1.165, 1.54) is 12.4 Å². The zero-order valence-corrected chi connectivity index (χ0v) is 18.5. The Morgan fingerprint density at radius 1 is 1.25 bits per heavy atom. The minimum Gasteiger partial charge on any atom is -0.508 e. The highest BCUT2D eigenvalue weighted by molar-refractivity contribution is 5.77. The second kappa shape index (κ2) is 9.44. The lowest BCUT2D eigenvalue weighted by Gasteiger charge is -2.29. The number of alkyl halides is 3. The van der Waals surface area contributed by atoms with Crippen LogP contribution < -0.4 is 5.32 Å². The normalized spacial score (nSPS) is 17.1. The second-order valence-electron chi connectivity index (χ2n) is 8.75. The van der Waals surface area contributed by atoms with Crippen molar-refractivity contribution in [1.82, 2.24) is 20.2 Å². The van der Waals surface area contributed by atoms with Crippen LogP contribution in [0.25, 0.3) is 0 Å². The summed E-state index contributed by atoms with van der Waals surface area (Å²) in [5.74, 6) is -1.32. The molecule has 1 aromatic carbocycles. The smallest absolute Gasteiger partial charge is 0.395 e. The summed E-state index contributed by atoms with van der Waals surface area (Å²) >= 11 is 0. The van der Waals surface area contributed by atoms with E-state index in [0.717, 1.165) is 11.1 Å². The van der Waals surface area contributed by atoms with E-state index in [-0.39, 0.29) is 43.4 Å². The Morgan fingerprint density at radius 3 is 2.44 bits per heavy atom. The molecule has 1 unspecified atom stereocenters. The number of aryl methyl sites for hydroxylation is 1. The van der Waals surface area contributed by atoms with Gasteiger partial charge in [0.2, 0.25) is 5.91 Å². The van der Waals surface area contributed by atoms with E-state index in [0.29, 0.717) is 6.42 Å². The van der Waals surface area contributed by atoms with E-state index < -0.39 is 23.4 Å². The third kappa shape index (κ3) is 5.38. The van der Waals surface area contributed by atoms with Gasteiger partial charge in [-0.05, 0) is 69.6 Å². The molecule has 1 aromatic heterocycles. The maximum atomic E-state index is 13.8. The number of hydrogen-bond donors (Lipinski definition) is 2. The number of likely N-dealkylation sites (N-methyl/N-ethyl adjacent to an activating group) is 1. The predicted octanol–water partition coefficient (Wildman–Crippen LogP) is 3.60. The zero-order chi connectivity index (χ0) is 23.5. The van der Waals surface area contributed by atoms with Crippen molar-refractivity contribution in [3.05, 3.63) is 53.6 Å². The highest BCUT2D eigenvalue weighted by Crippen LogP contribution is 2.65. The lowest BCUT2D eigenvalue weighted by atomic mass is 9.84. The van der Waals surface area contributed by atoms with Crippen LogP contribution in [0, 0.1) is 12.3 Å². The van der Waals surface area contributed by atoms with Crippen LogP contribution in [0.1, 0.15) is 42.1 Å². The van der Waals surface area contributed by atoms with E-state index in [2.05, 4.69) is 15.3 Å². The molecule has 2 N–H and O–H groups in total. The molecule has 32 heavy (non-hydrogen) atoms. The molecule has 1 saturated carbocycles. The first-order valence-corrected chi connectivity index (χ1v) is 10.6. The van der Waals surface area contributed by atoms with Crippen molar-refractivity contribution in [2.24, 2.45) is 5.41 Å². The summed E-state index contributed by atoms with van der Waals surface area (Å²) in [5.41, 5.74) is 0.0288. The molecule has 1 heterocycles. The van der Waals surface area contributed by atoms with Gasteiger partial charge in [-0.3, -0.25) is 4.79 Å². The number of phenols is 1. The molecule has 0 aliphatic heterocycles. The first-order valence-electron chi connectivity index (χ1n) is 10.6. The number of carbonyl (C=O) groups is 1. The third-order valence-electron chi connectivity index (χ3n) is 6.35. The summed E-state index contributed by atoms with van der Waals surface area (Å²) in [6, 6.07) is 6.61. The Kier molecular flexibility index (Phi) is 7.07. The van der Waals surface area contributed by atoms with E-state index in [1.807, 2.05) is 32.0 Å².